The SMILES string of the molecule is CCC(C)(OC)C(=O)N(C)CCN1CCNCC1. The van der Waals surface area contributed by atoms with Gasteiger partial charge in [0.05, 0.1) is 0 Å². The summed E-state index contributed by atoms with van der Waals surface area (Å²) < 4.78 is 5.35. The molecule has 1 aliphatic heterocycles. The third-order valence-corrected chi connectivity index (χ3v) is 3.89. The van der Waals surface area contributed by atoms with Crippen molar-refractivity contribution >= 4 is 5.91 Å². The summed E-state index contributed by atoms with van der Waals surface area (Å²) in [6.07, 6.45) is 0.695. The molecule has 1 unspecified atom stereocenters. The van der Waals surface area contributed by atoms with Crippen molar-refractivity contribution in [3.63, 3.8) is 0 Å². The van der Waals surface area contributed by atoms with Gasteiger partial charge in [-0.1, -0.05) is 6.92 Å². The van der Waals surface area contributed by atoms with Gasteiger partial charge in [0.25, 0.3) is 5.91 Å². The molecule has 0 aliphatic carbocycles. The molecule has 0 radical (unpaired) electrons. The van der Waals surface area contributed by atoms with Gasteiger partial charge in [0.15, 0.2) is 0 Å². The molecule has 18 heavy (non-hydrogen) atoms. The highest BCUT2D eigenvalue weighted by atomic mass is 16.5. The van der Waals surface area contributed by atoms with Crippen LogP contribution < -0.4 is 5.32 Å². The number of hydrogen-bond acceptors (Lipinski definition) is 4. The van der Waals surface area contributed by atoms with E-state index in [0.29, 0.717) is 6.42 Å². The largest absolute Gasteiger partial charge is 0.369 e. The van der Waals surface area contributed by atoms with Crippen molar-refractivity contribution in [2.75, 3.05) is 53.4 Å². The van der Waals surface area contributed by atoms with Gasteiger partial charge in [-0.05, 0) is 13.3 Å². The van der Waals surface area contributed by atoms with Crippen LogP contribution in [0.2, 0.25) is 0 Å². The Bertz CT molecular complexity index is 261. The first-order valence-electron chi connectivity index (χ1n) is 6.77. The molecule has 1 rings (SSSR count). The highest BCUT2D eigenvalue weighted by Crippen LogP contribution is 2.16. The monoisotopic (exact) mass is 257 g/mol. The van der Waals surface area contributed by atoms with Crippen LogP contribution in [0.1, 0.15) is 20.3 Å². The molecule has 0 aromatic heterocycles. The lowest BCUT2D eigenvalue weighted by atomic mass is 10.0. The molecular weight excluding hydrogens is 230 g/mol. The second-order valence-electron chi connectivity index (χ2n) is 5.11. The number of ether oxygens (including phenoxy) is 1. The summed E-state index contributed by atoms with van der Waals surface area (Å²) in [7, 11) is 3.46. The first-order valence-corrected chi connectivity index (χ1v) is 6.77. The summed E-state index contributed by atoms with van der Waals surface area (Å²) in [6, 6.07) is 0. The third kappa shape index (κ3) is 3.93. The first kappa shape index (κ1) is 15.4. The maximum Gasteiger partial charge on any atom is 0.254 e. The first-order chi connectivity index (χ1) is 8.53. The van der Waals surface area contributed by atoms with Gasteiger partial charge in [-0.3, -0.25) is 9.69 Å². The van der Waals surface area contributed by atoms with Crippen molar-refractivity contribution in [1.82, 2.24) is 15.1 Å². The summed E-state index contributed by atoms with van der Waals surface area (Å²) in [5, 5.41) is 3.33. The van der Waals surface area contributed by atoms with E-state index < -0.39 is 5.60 Å². The highest BCUT2D eigenvalue weighted by Gasteiger charge is 2.33. The van der Waals surface area contributed by atoms with E-state index in [0.717, 1.165) is 39.3 Å². The molecule has 1 heterocycles. The number of nitrogens with zero attached hydrogens (tertiary/aromatic N) is 2. The fourth-order valence-corrected chi connectivity index (χ4v) is 2.11. The van der Waals surface area contributed by atoms with Gasteiger partial charge in [-0.15, -0.1) is 0 Å². The summed E-state index contributed by atoms with van der Waals surface area (Å²) in [5.41, 5.74) is -0.682. The van der Waals surface area contributed by atoms with Crippen molar-refractivity contribution < 1.29 is 9.53 Å². The fourth-order valence-electron chi connectivity index (χ4n) is 2.11. The van der Waals surface area contributed by atoms with Gasteiger partial charge in [-0.2, -0.15) is 0 Å². The van der Waals surface area contributed by atoms with Crippen LogP contribution in [0.3, 0.4) is 0 Å². The molecule has 0 aromatic carbocycles. The number of nitrogens with one attached hydrogen (secondary N) is 1. The smallest absolute Gasteiger partial charge is 0.254 e. The Morgan fingerprint density at radius 2 is 2.06 bits per heavy atom. The number of amides is 1. The van der Waals surface area contributed by atoms with Crippen LogP contribution >= 0.6 is 0 Å². The maximum atomic E-state index is 12.3. The van der Waals surface area contributed by atoms with Gasteiger partial charge in [0.2, 0.25) is 0 Å². The standard InChI is InChI=1S/C13H27N3O2/c1-5-13(2,18-4)12(17)15(3)10-11-16-8-6-14-7-9-16/h14H,5-11H2,1-4H3. The van der Waals surface area contributed by atoms with Crippen molar-refractivity contribution in [3.8, 4) is 0 Å². The van der Waals surface area contributed by atoms with Gasteiger partial charge in [-0.25, -0.2) is 0 Å². The van der Waals surface area contributed by atoms with Crippen LogP contribution in [-0.2, 0) is 9.53 Å². The van der Waals surface area contributed by atoms with E-state index in [-0.39, 0.29) is 5.91 Å². The van der Waals surface area contributed by atoms with E-state index in [2.05, 4.69) is 10.2 Å². The predicted molar refractivity (Wildman–Crippen MR) is 72.7 cm³/mol. The van der Waals surface area contributed by atoms with Crippen LogP contribution in [-0.4, -0.2) is 74.7 Å². The number of hydrogen-bond donors (Lipinski definition) is 1. The van der Waals surface area contributed by atoms with E-state index in [9.17, 15) is 4.79 Å². The Kier molecular flexibility index (Phi) is 6.05. The molecule has 1 N–H and O–H groups in total. The average Bonchev–Trinajstić information content (AvgIpc) is 2.44. The zero-order valence-corrected chi connectivity index (χ0v) is 12.2. The van der Waals surface area contributed by atoms with Crippen LogP contribution in [0.15, 0.2) is 0 Å². The zero-order valence-electron chi connectivity index (χ0n) is 12.2. The molecule has 0 saturated carbocycles. The van der Waals surface area contributed by atoms with Crippen molar-refractivity contribution in [3.05, 3.63) is 0 Å². The second-order valence-corrected chi connectivity index (χ2v) is 5.11. The number of carbonyl (C=O) groups is 1. The summed E-state index contributed by atoms with van der Waals surface area (Å²) in [4.78, 5) is 16.4. The van der Waals surface area contributed by atoms with Crippen LogP contribution in [0.4, 0.5) is 0 Å². The van der Waals surface area contributed by atoms with Crippen molar-refractivity contribution in [1.29, 1.82) is 0 Å². The van der Waals surface area contributed by atoms with Crippen molar-refractivity contribution in [2.24, 2.45) is 0 Å². The van der Waals surface area contributed by atoms with Crippen LogP contribution in [0.25, 0.3) is 0 Å². The van der Waals surface area contributed by atoms with E-state index in [1.54, 1.807) is 12.0 Å². The summed E-state index contributed by atoms with van der Waals surface area (Å²) in [6.45, 7) is 9.76. The molecule has 1 fully saturated rings. The average molecular weight is 257 g/mol. The maximum absolute atomic E-state index is 12.3. The molecule has 5 heteroatoms. The Hall–Kier alpha value is -0.650. The van der Waals surface area contributed by atoms with Gasteiger partial charge < -0.3 is 15.0 Å². The van der Waals surface area contributed by atoms with Gasteiger partial charge >= 0.3 is 0 Å². The normalized spacial score (nSPS) is 20.4. The minimum absolute atomic E-state index is 0.0719. The highest BCUT2D eigenvalue weighted by molar-refractivity contribution is 5.84. The summed E-state index contributed by atoms with van der Waals surface area (Å²) >= 11 is 0. The molecule has 106 valence electrons. The van der Waals surface area contributed by atoms with Gasteiger partial charge in [0, 0.05) is 53.4 Å². The third-order valence-electron chi connectivity index (χ3n) is 3.89. The summed E-state index contributed by atoms with van der Waals surface area (Å²) in [5.74, 6) is 0.0719. The van der Waals surface area contributed by atoms with E-state index in [1.165, 1.54) is 0 Å². The minimum Gasteiger partial charge on any atom is -0.369 e. The molecule has 1 atom stereocenters. The molecule has 1 saturated heterocycles. The molecule has 0 spiro atoms. The van der Waals surface area contributed by atoms with E-state index >= 15 is 0 Å². The number of rotatable bonds is 6. The fraction of sp³-hybridized carbons (Fsp3) is 0.923. The molecule has 5 nitrogen and oxygen atoms in total. The number of methoxy groups -OCH3 is 1. The predicted octanol–water partition coefficient (Wildman–Crippen LogP) is 0.165. The second kappa shape index (κ2) is 7.07. The zero-order chi connectivity index (χ0) is 13.6. The number of piperazine rings is 1. The number of carbonyl (C=O) groups excluding carboxylic acids is 1. The Morgan fingerprint density at radius 3 is 2.56 bits per heavy atom. The van der Waals surface area contributed by atoms with Crippen molar-refractivity contribution in [2.45, 2.75) is 25.9 Å². The quantitative estimate of drug-likeness (QED) is 0.736. The Morgan fingerprint density at radius 1 is 1.44 bits per heavy atom. The van der Waals surface area contributed by atoms with E-state index in [1.807, 2.05) is 20.9 Å². The lowest BCUT2D eigenvalue weighted by molar-refractivity contribution is -0.152. The Labute approximate surface area is 110 Å². The molecule has 0 bridgehead atoms. The molecular formula is C13H27N3O2. The van der Waals surface area contributed by atoms with Crippen LogP contribution in [0, 0.1) is 0 Å². The topological polar surface area (TPSA) is 44.8 Å². The van der Waals surface area contributed by atoms with E-state index in [4.69, 9.17) is 4.74 Å². The lowest BCUT2D eigenvalue weighted by Gasteiger charge is -2.33. The molecule has 1 amide bonds. The Balaban J connectivity index is 2.39. The molecule has 0 aromatic rings. The van der Waals surface area contributed by atoms with Gasteiger partial charge in [0.1, 0.15) is 5.60 Å². The van der Waals surface area contributed by atoms with Crippen LogP contribution in [0.5, 0.6) is 0 Å². The lowest BCUT2D eigenvalue weighted by Crippen LogP contribution is -2.50. The molecule has 1 aliphatic rings. The number of likely N-dealkylation sites (N-methyl/N-ethyl adjacent to an activating group) is 1. The minimum atomic E-state index is -0.682.